The summed E-state index contributed by atoms with van der Waals surface area (Å²) in [5.41, 5.74) is 1.37. The first-order valence-corrected chi connectivity index (χ1v) is 10.5. The molecule has 4 rings (SSSR count). The van der Waals surface area contributed by atoms with E-state index in [0.29, 0.717) is 40.4 Å². The van der Waals surface area contributed by atoms with E-state index in [0.717, 1.165) is 0 Å². The first-order valence-electron chi connectivity index (χ1n) is 9.59. The molecular formula is C20H23FN4O4S. The number of ether oxygens (including phenoxy) is 1. The first kappa shape index (κ1) is 20.7. The molecule has 0 radical (unpaired) electrons. The molecule has 8 nitrogen and oxygen atoms in total. The summed E-state index contributed by atoms with van der Waals surface area (Å²) in [6, 6.07) is 1.68. The van der Waals surface area contributed by atoms with Crippen molar-refractivity contribution in [3.63, 3.8) is 0 Å². The summed E-state index contributed by atoms with van der Waals surface area (Å²) in [6.07, 6.45) is -0.132. The van der Waals surface area contributed by atoms with Gasteiger partial charge in [-0.1, -0.05) is 5.16 Å². The minimum atomic E-state index is -0.572. The number of fused-ring (bicyclic) bond motifs is 1. The summed E-state index contributed by atoms with van der Waals surface area (Å²) < 4.78 is 26.6. The molecule has 3 heterocycles. The molecule has 1 N–H and O–H groups in total. The van der Waals surface area contributed by atoms with Crippen molar-refractivity contribution in [2.24, 2.45) is 0 Å². The molecule has 1 amide bonds. The zero-order chi connectivity index (χ0) is 21.6. The van der Waals surface area contributed by atoms with Crippen LogP contribution in [0.1, 0.15) is 29.9 Å². The number of anilines is 1. The lowest BCUT2D eigenvalue weighted by Gasteiger charge is -2.37. The number of aliphatic hydroxyl groups excluding tert-OH is 1. The lowest BCUT2D eigenvalue weighted by molar-refractivity contribution is -0.00550. The summed E-state index contributed by atoms with van der Waals surface area (Å²) in [4.78, 5) is 19.8. The summed E-state index contributed by atoms with van der Waals surface area (Å²) >= 11 is 1.23. The second kappa shape index (κ2) is 7.93. The van der Waals surface area contributed by atoms with Gasteiger partial charge in [0.05, 0.1) is 29.9 Å². The van der Waals surface area contributed by atoms with E-state index < -0.39 is 5.82 Å². The second-order valence-corrected chi connectivity index (χ2v) is 8.52. The number of morpholine rings is 1. The van der Waals surface area contributed by atoms with Crippen molar-refractivity contribution in [2.45, 2.75) is 32.7 Å². The standard InChI is InChI=1S/C20H23FN4O4S/c1-10-6-25(7-11(2)28-10)17-12(8-26)5-13-16(23-29-18(13)15(17)21)19-22-14(9-30-19)20(27)24(3)4/h5,9-11,26H,6-8H2,1-4H3/t10-,11+. The van der Waals surface area contributed by atoms with Crippen LogP contribution in [0.3, 0.4) is 0 Å². The highest BCUT2D eigenvalue weighted by Crippen LogP contribution is 2.38. The van der Waals surface area contributed by atoms with Gasteiger partial charge in [0.25, 0.3) is 5.91 Å². The number of hydrogen-bond acceptors (Lipinski definition) is 8. The Kier molecular flexibility index (Phi) is 5.48. The molecule has 1 aliphatic heterocycles. The molecule has 1 fully saturated rings. The lowest BCUT2D eigenvalue weighted by atomic mass is 10.1. The smallest absolute Gasteiger partial charge is 0.272 e. The van der Waals surface area contributed by atoms with E-state index in [2.05, 4.69) is 10.1 Å². The number of aromatic nitrogens is 2. The third-order valence-corrected chi connectivity index (χ3v) is 5.85. The van der Waals surface area contributed by atoms with Gasteiger partial charge < -0.3 is 24.2 Å². The van der Waals surface area contributed by atoms with Crippen molar-refractivity contribution in [1.29, 1.82) is 0 Å². The molecule has 1 saturated heterocycles. The van der Waals surface area contributed by atoms with Gasteiger partial charge in [-0.15, -0.1) is 11.3 Å². The Morgan fingerprint density at radius 1 is 1.37 bits per heavy atom. The molecule has 1 aliphatic rings. The van der Waals surface area contributed by atoms with E-state index in [-0.39, 0.29) is 36.0 Å². The number of carbonyl (C=O) groups excluding carboxylic acids is 1. The maximum absolute atomic E-state index is 15.5. The summed E-state index contributed by atoms with van der Waals surface area (Å²) in [7, 11) is 3.29. The number of hydrogen-bond donors (Lipinski definition) is 1. The zero-order valence-electron chi connectivity index (χ0n) is 17.2. The molecule has 0 bridgehead atoms. The quantitative estimate of drug-likeness (QED) is 0.675. The molecule has 3 aromatic rings. The van der Waals surface area contributed by atoms with Crippen molar-refractivity contribution in [3.05, 3.63) is 28.5 Å². The van der Waals surface area contributed by atoms with Crippen LogP contribution in [0.2, 0.25) is 0 Å². The van der Waals surface area contributed by atoms with E-state index in [1.54, 1.807) is 25.5 Å². The molecule has 10 heteroatoms. The Balaban J connectivity index is 1.79. The van der Waals surface area contributed by atoms with Crippen LogP contribution in [0.25, 0.3) is 21.7 Å². The van der Waals surface area contributed by atoms with Gasteiger partial charge in [0.2, 0.25) is 5.58 Å². The molecule has 30 heavy (non-hydrogen) atoms. The molecule has 0 saturated carbocycles. The Labute approximate surface area is 176 Å². The topological polar surface area (TPSA) is 91.9 Å². The Morgan fingerprint density at radius 3 is 2.70 bits per heavy atom. The average Bonchev–Trinajstić information content (AvgIpc) is 3.33. The predicted octanol–water partition coefficient (Wildman–Crippen LogP) is 2.90. The van der Waals surface area contributed by atoms with Crippen LogP contribution in [0, 0.1) is 5.82 Å². The van der Waals surface area contributed by atoms with Gasteiger partial charge in [-0.05, 0) is 19.9 Å². The Hall–Kier alpha value is -2.56. The normalized spacial score (nSPS) is 19.5. The molecular weight excluding hydrogens is 411 g/mol. The van der Waals surface area contributed by atoms with Crippen LogP contribution in [0.5, 0.6) is 0 Å². The van der Waals surface area contributed by atoms with E-state index in [9.17, 15) is 9.90 Å². The van der Waals surface area contributed by atoms with E-state index in [1.165, 1.54) is 16.2 Å². The second-order valence-electron chi connectivity index (χ2n) is 7.66. The first-order chi connectivity index (χ1) is 14.3. The fraction of sp³-hybridized carbons (Fsp3) is 0.450. The van der Waals surface area contributed by atoms with Crippen LogP contribution in [0.15, 0.2) is 16.0 Å². The zero-order valence-corrected chi connectivity index (χ0v) is 18.0. The monoisotopic (exact) mass is 434 g/mol. The van der Waals surface area contributed by atoms with Crippen molar-refractivity contribution in [1.82, 2.24) is 15.0 Å². The average molecular weight is 434 g/mol. The highest BCUT2D eigenvalue weighted by molar-refractivity contribution is 7.13. The van der Waals surface area contributed by atoms with Crippen LogP contribution in [-0.4, -0.2) is 65.4 Å². The lowest BCUT2D eigenvalue weighted by Crippen LogP contribution is -2.46. The molecule has 2 aromatic heterocycles. The molecule has 2 atom stereocenters. The highest BCUT2D eigenvalue weighted by Gasteiger charge is 2.30. The summed E-state index contributed by atoms with van der Waals surface area (Å²) in [5.74, 6) is -0.803. The van der Waals surface area contributed by atoms with Gasteiger partial charge in [-0.25, -0.2) is 9.37 Å². The van der Waals surface area contributed by atoms with Gasteiger partial charge >= 0.3 is 0 Å². The molecule has 0 spiro atoms. The van der Waals surface area contributed by atoms with Crippen LogP contribution < -0.4 is 4.90 Å². The summed E-state index contributed by atoms with van der Waals surface area (Å²) in [5, 5.41) is 16.5. The fourth-order valence-electron chi connectivity index (χ4n) is 3.77. The van der Waals surface area contributed by atoms with Gasteiger partial charge in [-0.2, -0.15) is 0 Å². The number of amides is 1. The Morgan fingerprint density at radius 2 is 2.07 bits per heavy atom. The summed E-state index contributed by atoms with van der Waals surface area (Å²) in [6.45, 7) is 4.53. The largest absolute Gasteiger partial charge is 0.392 e. The van der Waals surface area contributed by atoms with Crippen LogP contribution in [0.4, 0.5) is 10.1 Å². The predicted molar refractivity (Wildman–Crippen MR) is 111 cm³/mol. The molecule has 1 aromatic carbocycles. The SMILES string of the molecule is C[C@@H]1CN(c2c(CO)cc3c(-c4nc(C(=O)N(C)C)cs4)noc3c2F)C[C@H](C)O1. The van der Waals surface area contributed by atoms with E-state index >= 15 is 4.39 Å². The molecule has 0 unspecified atom stereocenters. The van der Waals surface area contributed by atoms with Crippen molar-refractivity contribution in [2.75, 3.05) is 32.1 Å². The van der Waals surface area contributed by atoms with Crippen LogP contribution in [-0.2, 0) is 11.3 Å². The number of benzene rings is 1. The number of aliphatic hydroxyl groups is 1. The van der Waals surface area contributed by atoms with Crippen LogP contribution >= 0.6 is 11.3 Å². The number of nitrogens with zero attached hydrogens (tertiary/aromatic N) is 4. The maximum Gasteiger partial charge on any atom is 0.272 e. The van der Waals surface area contributed by atoms with Gasteiger partial charge in [-0.3, -0.25) is 4.79 Å². The maximum atomic E-state index is 15.5. The highest BCUT2D eigenvalue weighted by atomic mass is 32.1. The van der Waals surface area contributed by atoms with Gasteiger partial charge in [0, 0.05) is 38.1 Å². The number of carbonyl (C=O) groups is 1. The van der Waals surface area contributed by atoms with Gasteiger partial charge in [0.1, 0.15) is 10.7 Å². The minimum Gasteiger partial charge on any atom is -0.392 e. The number of rotatable bonds is 4. The molecule has 160 valence electrons. The minimum absolute atomic E-state index is 0.000293. The molecule has 0 aliphatic carbocycles. The van der Waals surface area contributed by atoms with Crippen molar-refractivity contribution in [3.8, 4) is 10.7 Å². The van der Waals surface area contributed by atoms with E-state index in [1.807, 2.05) is 18.7 Å². The number of halogens is 1. The van der Waals surface area contributed by atoms with Crippen molar-refractivity contribution < 1.29 is 23.6 Å². The third kappa shape index (κ3) is 3.55. The van der Waals surface area contributed by atoms with Gasteiger partial charge in [0.15, 0.2) is 11.5 Å². The fourth-order valence-corrected chi connectivity index (χ4v) is 4.55. The third-order valence-electron chi connectivity index (χ3n) is 5.00. The van der Waals surface area contributed by atoms with E-state index in [4.69, 9.17) is 9.26 Å². The number of thiazole rings is 1. The Bertz CT molecular complexity index is 1090. The van der Waals surface area contributed by atoms with Crippen molar-refractivity contribution >= 4 is 33.9 Å².